The van der Waals surface area contributed by atoms with Crippen molar-refractivity contribution >= 4 is 27.5 Å². The molecule has 0 aromatic carbocycles. The van der Waals surface area contributed by atoms with Crippen molar-refractivity contribution in [1.82, 2.24) is 0 Å². The Morgan fingerprint density at radius 2 is 2.36 bits per heavy atom. The third-order valence-corrected chi connectivity index (χ3v) is 4.94. The van der Waals surface area contributed by atoms with Gasteiger partial charge in [0.15, 0.2) is 9.76 Å². The second-order valence-corrected chi connectivity index (χ2v) is 6.56. The van der Waals surface area contributed by atoms with Gasteiger partial charge in [0, 0.05) is 12.4 Å². The van der Waals surface area contributed by atoms with Gasteiger partial charge in [-0.05, 0) is 26.3 Å². The number of rotatable bonds is 7. The SMILES string of the molecule is CCO[SiH2]CCCOC(=O)C1(C)CS1. The molecular weight excluding hydrogens is 216 g/mol. The van der Waals surface area contributed by atoms with E-state index in [4.69, 9.17) is 9.16 Å². The lowest BCUT2D eigenvalue weighted by molar-refractivity contribution is -0.144. The summed E-state index contributed by atoms with van der Waals surface area (Å²) in [6.45, 7) is 5.34. The fraction of sp³-hybridized carbons (Fsp3) is 0.889. The Balaban J connectivity index is 1.91. The molecular formula is C9H18O3SSi. The van der Waals surface area contributed by atoms with Gasteiger partial charge in [0.2, 0.25) is 0 Å². The first-order chi connectivity index (χ1) is 6.69. The zero-order chi connectivity index (χ0) is 10.4. The maximum absolute atomic E-state index is 11.4. The molecule has 1 aliphatic rings. The van der Waals surface area contributed by atoms with Crippen LogP contribution in [0.4, 0.5) is 0 Å². The van der Waals surface area contributed by atoms with Crippen LogP contribution in [0.5, 0.6) is 0 Å². The summed E-state index contributed by atoms with van der Waals surface area (Å²) in [7, 11) is -0.349. The predicted octanol–water partition coefficient (Wildman–Crippen LogP) is 0.964. The number of carbonyl (C=O) groups is 1. The van der Waals surface area contributed by atoms with E-state index in [0.717, 1.165) is 24.8 Å². The van der Waals surface area contributed by atoms with Crippen molar-refractivity contribution in [3.05, 3.63) is 0 Å². The van der Waals surface area contributed by atoms with E-state index >= 15 is 0 Å². The molecule has 1 fully saturated rings. The molecule has 0 bridgehead atoms. The van der Waals surface area contributed by atoms with Crippen LogP contribution in [-0.2, 0) is 14.0 Å². The van der Waals surface area contributed by atoms with Gasteiger partial charge in [0.1, 0.15) is 4.75 Å². The molecule has 0 aromatic rings. The fourth-order valence-electron chi connectivity index (χ4n) is 0.994. The second-order valence-electron chi connectivity index (χ2n) is 3.56. The highest BCUT2D eigenvalue weighted by molar-refractivity contribution is 8.08. The Bertz CT molecular complexity index is 194. The van der Waals surface area contributed by atoms with Crippen LogP contribution in [0.1, 0.15) is 20.3 Å². The lowest BCUT2D eigenvalue weighted by atomic mass is 10.2. The number of hydrogen-bond acceptors (Lipinski definition) is 4. The molecule has 0 aliphatic carbocycles. The normalized spacial score (nSPS) is 25.6. The van der Waals surface area contributed by atoms with Crippen LogP contribution in [0.25, 0.3) is 0 Å². The molecule has 1 rings (SSSR count). The minimum atomic E-state index is -0.349. The first-order valence-corrected chi connectivity index (χ1v) is 7.64. The summed E-state index contributed by atoms with van der Waals surface area (Å²) < 4.78 is 10.3. The third-order valence-electron chi connectivity index (χ3n) is 2.13. The number of hydrogen-bond donors (Lipinski definition) is 0. The van der Waals surface area contributed by atoms with Crippen molar-refractivity contribution in [2.45, 2.75) is 31.1 Å². The molecule has 1 atom stereocenters. The first kappa shape index (κ1) is 12.1. The molecule has 1 heterocycles. The molecule has 1 saturated heterocycles. The quantitative estimate of drug-likeness (QED) is 0.284. The van der Waals surface area contributed by atoms with Gasteiger partial charge in [0.25, 0.3) is 0 Å². The number of esters is 1. The van der Waals surface area contributed by atoms with Crippen molar-refractivity contribution in [2.75, 3.05) is 19.0 Å². The van der Waals surface area contributed by atoms with Crippen molar-refractivity contribution in [3.63, 3.8) is 0 Å². The van der Waals surface area contributed by atoms with Crippen molar-refractivity contribution in [3.8, 4) is 0 Å². The van der Waals surface area contributed by atoms with E-state index < -0.39 is 0 Å². The topological polar surface area (TPSA) is 35.5 Å². The van der Waals surface area contributed by atoms with Gasteiger partial charge < -0.3 is 9.16 Å². The van der Waals surface area contributed by atoms with Crippen molar-refractivity contribution in [1.29, 1.82) is 0 Å². The zero-order valence-electron chi connectivity index (χ0n) is 8.88. The van der Waals surface area contributed by atoms with Gasteiger partial charge in [-0.15, -0.1) is 11.8 Å². The molecule has 5 heteroatoms. The second kappa shape index (κ2) is 5.78. The Morgan fingerprint density at radius 3 is 2.93 bits per heavy atom. The highest BCUT2D eigenvalue weighted by Gasteiger charge is 2.47. The summed E-state index contributed by atoms with van der Waals surface area (Å²) in [5, 5.41) is 0. The van der Waals surface area contributed by atoms with Crippen LogP contribution in [-0.4, -0.2) is 39.4 Å². The lowest BCUT2D eigenvalue weighted by Gasteiger charge is -2.07. The minimum absolute atomic E-state index is 0.0411. The van der Waals surface area contributed by atoms with Gasteiger partial charge in [-0.3, -0.25) is 4.79 Å². The molecule has 0 aromatic heterocycles. The van der Waals surface area contributed by atoms with Crippen molar-refractivity contribution < 1.29 is 14.0 Å². The summed E-state index contributed by atoms with van der Waals surface area (Å²) in [6.07, 6.45) is 0.957. The first-order valence-electron chi connectivity index (χ1n) is 5.08. The third kappa shape index (κ3) is 4.02. The van der Waals surface area contributed by atoms with Crippen LogP contribution < -0.4 is 0 Å². The van der Waals surface area contributed by atoms with E-state index in [9.17, 15) is 4.79 Å². The van der Waals surface area contributed by atoms with E-state index in [1.54, 1.807) is 11.8 Å². The summed E-state index contributed by atoms with van der Waals surface area (Å²) in [5.41, 5.74) is 0. The Kier molecular flexibility index (Phi) is 4.98. The van der Waals surface area contributed by atoms with Gasteiger partial charge in [-0.2, -0.15) is 0 Å². The Hall–Kier alpha value is -0.00312. The smallest absolute Gasteiger partial charge is 0.322 e. The minimum Gasteiger partial charge on any atom is -0.465 e. The van der Waals surface area contributed by atoms with Crippen LogP contribution in [0, 0.1) is 0 Å². The Morgan fingerprint density at radius 1 is 1.64 bits per heavy atom. The average Bonchev–Trinajstić information content (AvgIpc) is 2.91. The van der Waals surface area contributed by atoms with Crippen LogP contribution in [0.3, 0.4) is 0 Å². The number of thioether (sulfide) groups is 1. The van der Waals surface area contributed by atoms with E-state index in [0.29, 0.717) is 6.61 Å². The zero-order valence-corrected chi connectivity index (χ0v) is 11.1. The van der Waals surface area contributed by atoms with E-state index in [1.165, 1.54) is 0 Å². The van der Waals surface area contributed by atoms with Crippen LogP contribution in [0.2, 0.25) is 6.04 Å². The van der Waals surface area contributed by atoms with E-state index in [-0.39, 0.29) is 20.5 Å². The summed E-state index contributed by atoms with van der Waals surface area (Å²) in [4.78, 5) is 11.4. The van der Waals surface area contributed by atoms with Gasteiger partial charge in [-0.25, -0.2) is 0 Å². The predicted molar refractivity (Wildman–Crippen MR) is 61.4 cm³/mol. The van der Waals surface area contributed by atoms with E-state index in [1.807, 2.05) is 13.8 Å². The molecule has 0 radical (unpaired) electrons. The standard InChI is InChI=1S/C9H18O3SSi/c1-3-12-14-6-4-5-11-8(10)9(2)7-13-9/h3-7,14H2,1-2H3. The van der Waals surface area contributed by atoms with Gasteiger partial charge in [0.05, 0.1) is 6.61 Å². The molecule has 3 nitrogen and oxygen atoms in total. The molecule has 82 valence electrons. The lowest BCUT2D eigenvalue weighted by Crippen LogP contribution is -2.22. The number of carbonyl (C=O) groups excluding carboxylic acids is 1. The van der Waals surface area contributed by atoms with Gasteiger partial charge in [-0.1, -0.05) is 0 Å². The molecule has 14 heavy (non-hydrogen) atoms. The summed E-state index contributed by atoms with van der Waals surface area (Å²) in [5.74, 6) is 0.875. The highest BCUT2D eigenvalue weighted by atomic mass is 32.2. The van der Waals surface area contributed by atoms with Crippen LogP contribution in [0.15, 0.2) is 0 Å². The molecule has 0 saturated carbocycles. The number of ether oxygens (including phenoxy) is 1. The Labute approximate surface area is 91.9 Å². The fourth-order valence-corrected chi connectivity index (χ4v) is 2.41. The van der Waals surface area contributed by atoms with Crippen molar-refractivity contribution in [2.24, 2.45) is 0 Å². The maximum atomic E-state index is 11.4. The summed E-state index contributed by atoms with van der Waals surface area (Å²) >= 11 is 1.66. The maximum Gasteiger partial charge on any atom is 0.322 e. The monoisotopic (exact) mass is 234 g/mol. The molecule has 0 spiro atoms. The highest BCUT2D eigenvalue weighted by Crippen LogP contribution is 2.44. The molecule has 1 unspecified atom stereocenters. The average molecular weight is 234 g/mol. The van der Waals surface area contributed by atoms with Crippen LogP contribution >= 0.6 is 11.8 Å². The van der Waals surface area contributed by atoms with Gasteiger partial charge >= 0.3 is 5.97 Å². The molecule has 0 N–H and O–H groups in total. The molecule has 0 amide bonds. The largest absolute Gasteiger partial charge is 0.465 e. The molecule has 1 aliphatic heterocycles. The summed E-state index contributed by atoms with van der Waals surface area (Å²) in [6, 6.07) is 1.10. The van der Waals surface area contributed by atoms with E-state index in [2.05, 4.69) is 0 Å².